The highest BCUT2D eigenvalue weighted by atomic mass is 32.1. The van der Waals surface area contributed by atoms with Gasteiger partial charge in [0.25, 0.3) is 0 Å². The summed E-state index contributed by atoms with van der Waals surface area (Å²) in [5, 5.41) is 9.04. The van der Waals surface area contributed by atoms with E-state index in [1.165, 1.54) is 16.0 Å². The molecule has 6 heteroatoms. The quantitative estimate of drug-likeness (QED) is 0.591. The minimum atomic E-state index is -0.0913. The Morgan fingerprint density at radius 3 is 2.50 bits per heavy atom. The first-order chi connectivity index (χ1) is 14.3. The van der Waals surface area contributed by atoms with Crippen molar-refractivity contribution in [2.75, 3.05) is 27.4 Å². The predicted molar refractivity (Wildman–Crippen MR) is 118 cm³/mol. The fourth-order valence-corrected chi connectivity index (χ4v) is 6.30. The first-order valence-corrected chi connectivity index (χ1v) is 11.3. The molecule has 2 atom stereocenters. The maximum Gasteiger partial charge on any atom is 0.203 e. The van der Waals surface area contributed by atoms with Gasteiger partial charge in [-0.05, 0) is 65.8 Å². The minimum absolute atomic E-state index is 0.0913. The molecule has 1 aromatic heterocycles. The number of Topliss-reactive ketones (excluding diaryl/α,β-unsaturated/α-hetero) is 1. The van der Waals surface area contributed by atoms with Crippen LogP contribution in [0.4, 0.5) is 0 Å². The van der Waals surface area contributed by atoms with Crippen molar-refractivity contribution in [3.8, 4) is 17.2 Å². The van der Waals surface area contributed by atoms with Crippen LogP contribution in [0.1, 0.15) is 57.4 Å². The highest BCUT2D eigenvalue weighted by Gasteiger charge is 2.63. The normalized spacial score (nSPS) is 20.5. The fraction of sp³-hybridized carbons (Fsp3) is 0.542. The van der Waals surface area contributed by atoms with Crippen LogP contribution in [0, 0.1) is 18.3 Å². The molecule has 0 bridgehead atoms. The number of hydrogen-bond donors (Lipinski definition) is 1. The summed E-state index contributed by atoms with van der Waals surface area (Å²) in [4.78, 5) is 15.4. The van der Waals surface area contributed by atoms with E-state index in [0.717, 1.165) is 16.9 Å². The fourth-order valence-electron chi connectivity index (χ4n) is 5.10. The van der Waals surface area contributed by atoms with E-state index in [9.17, 15) is 4.79 Å². The number of ether oxygens (including phenoxy) is 3. The van der Waals surface area contributed by atoms with Crippen LogP contribution < -0.4 is 14.2 Å². The number of thiophene rings is 1. The Morgan fingerprint density at radius 2 is 1.90 bits per heavy atom. The third-order valence-electron chi connectivity index (χ3n) is 6.77. The van der Waals surface area contributed by atoms with Crippen LogP contribution >= 0.6 is 11.3 Å². The van der Waals surface area contributed by atoms with Crippen LogP contribution in [0.15, 0.2) is 12.1 Å². The maximum absolute atomic E-state index is 13.1. The number of rotatable bonds is 9. The monoisotopic (exact) mass is 430 g/mol. The molecule has 0 unspecified atom stereocenters. The molecular formula is C24H30O5S. The van der Waals surface area contributed by atoms with Crippen molar-refractivity contribution in [3.63, 3.8) is 0 Å². The van der Waals surface area contributed by atoms with Crippen molar-refractivity contribution in [1.29, 1.82) is 0 Å². The van der Waals surface area contributed by atoms with Gasteiger partial charge < -0.3 is 19.3 Å². The molecule has 2 aliphatic carbocycles. The Morgan fingerprint density at radius 1 is 1.23 bits per heavy atom. The molecule has 1 saturated carbocycles. The number of methoxy groups -OCH3 is 2. The number of aryl methyl sites for hydroxylation is 2. The van der Waals surface area contributed by atoms with Crippen LogP contribution in [0.25, 0.3) is 0 Å². The molecule has 30 heavy (non-hydrogen) atoms. The molecule has 4 rings (SSSR count). The second kappa shape index (κ2) is 7.89. The molecule has 2 aromatic rings. The molecule has 0 aliphatic heterocycles. The molecule has 0 amide bonds. The molecule has 1 fully saturated rings. The smallest absolute Gasteiger partial charge is 0.203 e. The van der Waals surface area contributed by atoms with E-state index in [1.54, 1.807) is 25.6 Å². The first kappa shape index (κ1) is 21.2. The molecule has 0 spiro atoms. The van der Waals surface area contributed by atoms with Gasteiger partial charge in [0.05, 0.1) is 25.7 Å². The van der Waals surface area contributed by atoms with Gasteiger partial charge in [0.2, 0.25) is 5.75 Å². The summed E-state index contributed by atoms with van der Waals surface area (Å²) in [6.07, 6.45) is 2.11. The highest BCUT2D eigenvalue weighted by molar-refractivity contribution is 7.14. The first-order valence-electron chi connectivity index (χ1n) is 10.5. The highest BCUT2D eigenvalue weighted by Crippen LogP contribution is 2.71. The lowest BCUT2D eigenvalue weighted by molar-refractivity contribution is 0.0985. The third kappa shape index (κ3) is 3.40. The van der Waals surface area contributed by atoms with Gasteiger partial charge in [-0.1, -0.05) is 13.8 Å². The maximum atomic E-state index is 13.1. The average molecular weight is 431 g/mol. The van der Waals surface area contributed by atoms with Crippen LogP contribution in [0.2, 0.25) is 0 Å². The lowest BCUT2D eigenvalue weighted by atomic mass is 9.94. The Bertz CT molecular complexity index is 949. The summed E-state index contributed by atoms with van der Waals surface area (Å²) in [7, 11) is 3.14. The van der Waals surface area contributed by atoms with E-state index in [4.69, 9.17) is 19.3 Å². The van der Waals surface area contributed by atoms with Gasteiger partial charge in [-0.2, -0.15) is 0 Å². The minimum Gasteiger partial charge on any atom is -0.493 e. The molecule has 0 saturated heterocycles. The predicted octanol–water partition coefficient (Wildman–Crippen LogP) is 4.56. The van der Waals surface area contributed by atoms with Crippen molar-refractivity contribution >= 4 is 17.1 Å². The van der Waals surface area contributed by atoms with Crippen molar-refractivity contribution in [2.45, 2.75) is 46.0 Å². The topological polar surface area (TPSA) is 65.0 Å². The van der Waals surface area contributed by atoms with Gasteiger partial charge in [0.1, 0.15) is 6.61 Å². The number of hydrogen-bond acceptors (Lipinski definition) is 6. The van der Waals surface area contributed by atoms with Crippen LogP contribution in [-0.4, -0.2) is 38.3 Å². The zero-order chi connectivity index (χ0) is 21.6. The molecule has 0 radical (unpaired) electrons. The van der Waals surface area contributed by atoms with Crippen molar-refractivity contribution in [2.24, 2.45) is 11.3 Å². The SMILES string of the molecule is COc1cc(CCC(=O)c2sc(C)c3c2C[C@@H]2[C@H]3C2(C)C)cc(OC)c1OCCO. The lowest BCUT2D eigenvalue weighted by Gasteiger charge is -2.15. The average Bonchev–Trinajstić information content (AvgIpc) is 3.06. The largest absolute Gasteiger partial charge is 0.493 e. The zero-order valence-corrected chi connectivity index (χ0v) is 19.1. The molecule has 1 aromatic carbocycles. The Balaban J connectivity index is 1.50. The van der Waals surface area contributed by atoms with Crippen molar-refractivity contribution in [1.82, 2.24) is 0 Å². The van der Waals surface area contributed by atoms with E-state index >= 15 is 0 Å². The Labute approximate surface area is 182 Å². The molecular weight excluding hydrogens is 400 g/mol. The summed E-state index contributed by atoms with van der Waals surface area (Å²) in [5.41, 5.74) is 4.14. The summed E-state index contributed by atoms with van der Waals surface area (Å²) < 4.78 is 16.5. The van der Waals surface area contributed by atoms with Crippen LogP contribution in [-0.2, 0) is 12.8 Å². The number of carbonyl (C=O) groups excluding carboxylic acids is 1. The van der Waals surface area contributed by atoms with Gasteiger partial charge in [0, 0.05) is 11.3 Å². The van der Waals surface area contributed by atoms with Crippen LogP contribution in [0.3, 0.4) is 0 Å². The van der Waals surface area contributed by atoms with Gasteiger partial charge >= 0.3 is 0 Å². The van der Waals surface area contributed by atoms with E-state index < -0.39 is 0 Å². The molecule has 1 heterocycles. The summed E-state index contributed by atoms with van der Waals surface area (Å²) in [5.74, 6) is 3.13. The number of aliphatic hydroxyl groups excluding tert-OH is 1. The summed E-state index contributed by atoms with van der Waals surface area (Å²) >= 11 is 1.68. The lowest BCUT2D eigenvalue weighted by Crippen LogP contribution is -2.07. The number of benzene rings is 1. The van der Waals surface area contributed by atoms with E-state index in [2.05, 4.69) is 20.8 Å². The van der Waals surface area contributed by atoms with E-state index in [1.807, 2.05) is 12.1 Å². The molecule has 2 aliphatic rings. The molecule has 5 nitrogen and oxygen atoms in total. The van der Waals surface area contributed by atoms with Gasteiger partial charge in [0.15, 0.2) is 17.3 Å². The van der Waals surface area contributed by atoms with Crippen LogP contribution in [0.5, 0.6) is 17.2 Å². The number of carbonyl (C=O) groups is 1. The van der Waals surface area contributed by atoms with Crippen molar-refractivity contribution < 1.29 is 24.1 Å². The number of aliphatic hydroxyl groups is 1. The van der Waals surface area contributed by atoms with E-state index in [-0.39, 0.29) is 19.0 Å². The summed E-state index contributed by atoms with van der Waals surface area (Å²) in [6, 6.07) is 3.76. The van der Waals surface area contributed by atoms with Crippen molar-refractivity contribution in [3.05, 3.63) is 38.6 Å². The molecule has 1 N–H and O–H groups in total. The summed E-state index contributed by atoms with van der Waals surface area (Å²) in [6.45, 7) is 6.92. The Kier molecular flexibility index (Phi) is 5.58. The molecule has 162 valence electrons. The second-order valence-electron chi connectivity index (χ2n) is 8.81. The zero-order valence-electron chi connectivity index (χ0n) is 18.3. The number of fused-ring (bicyclic) bond motifs is 3. The van der Waals surface area contributed by atoms with E-state index in [0.29, 0.717) is 47.3 Å². The Hall–Kier alpha value is -2.05. The second-order valence-corrected chi connectivity index (χ2v) is 10.0. The van der Waals surface area contributed by atoms with Gasteiger partial charge in [-0.25, -0.2) is 0 Å². The standard InChI is InChI=1S/C24H30O5S/c1-13-20-15(12-16-21(20)24(16,2)3)23(30-13)17(26)7-6-14-10-18(27-4)22(29-9-8-25)19(11-14)28-5/h10-11,16,21,25H,6-9,12H2,1-5H3/t16-,21-/m1/s1. The van der Waals surface area contributed by atoms with Gasteiger partial charge in [-0.3, -0.25) is 4.79 Å². The van der Waals surface area contributed by atoms with Gasteiger partial charge in [-0.15, -0.1) is 11.3 Å². The third-order valence-corrected chi connectivity index (χ3v) is 7.98. The number of ketones is 1.